The highest BCUT2D eigenvalue weighted by Crippen LogP contribution is 2.22. The fourth-order valence-electron chi connectivity index (χ4n) is 1.66. The molecule has 0 bridgehead atoms. The number of aryl methyl sites for hydroxylation is 1. The first-order chi connectivity index (χ1) is 7.24. The number of carbonyl (C=O) groups excluding carboxylic acids is 1. The van der Waals surface area contributed by atoms with E-state index in [4.69, 9.17) is 0 Å². The van der Waals surface area contributed by atoms with E-state index in [1.165, 1.54) is 0 Å². The molecule has 3 nitrogen and oxygen atoms in total. The Bertz CT molecular complexity index is 486. The van der Waals surface area contributed by atoms with Crippen molar-refractivity contribution < 1.29 is 4.79 Å². The predicted molar refractivity (Wildman–Crippen MR) is 58.8 cm³/mol. The summed E-state index contributed by atoms with van der Waals surface area (Å²) in [4.78, 5) is 15.1. The van der Waals surface area contributed by atoms with Gasteiger partial charge in [-0.1, -0.05) is 30.3 Å². The molecule has 0 unspecified atom stereocenters. The van der Waals surface area contributed by atoms with Crippen LogP contribution in [0.5, 0.6) is 0 Å². The summed E-state index contributed by atoms with van der Waals surface area (Å²) in [5.74, 6) is 0.843. The van der Waals surface area contributed by atoms with E-state index >= 15 is 0 Å². The lowest BCUT2D eigenvalue weighted by Gasteiger charge is -2.03. The third kappa shape index (κ3) is 1.56. The molecule has 2 rings (SSSR count). The molecule has 0 saturated carbocycles. The van der Waals surface area contributed by atoms with Gasteiger partial charge in [-0.3, -0.25) is 4.79 Å². The first-order valence-electron chi connectivity index (χ1n) is 4.78. The smallest absolute Gasteiger partial charge is 0.170 e. The van der Waals surface area contributed by atoms with E-state index in [0.717, 1.165) is 23.4 Å². The zero-order valence-corrected chi connectivity index (χ0v) is 8.77. The van der Waals surface area contributed by atoms with Gasteiger partial charge in [-0.25, -0.2) is 4.98 Å². The second-order valence-electron chi connectivity index (χ2n) is 3.44. The lowest BCUT2D eigenvalue weighted by molar-refractivity contribution is 0.112. The lowest BCUT2D eigenvalue weighted by atomic mass is 10.1. The largest absolute Gasteiger partial charge is 0.331 e. The molecule has 0 atom stereocenters. The normalized spacial score (nSPS) is 10.3. The van der Waals surface area contributed by atoms with Crippen LogP contribution in [0.1, 0.15) is 16.3 Å². The van der Waals surface area contributed by atoms with Gasteiger partial charge < -0.3 is 4.57 Å². The molecule has 0 aliphatic carbocycles. The number of aldehydes is 1. The van der Waals surface area contributed by atoms with E-state index in [-0.39, 0.29) is 0 Å². The molecule has 0 N–H and O–H groups in total. The van der Waals surface area contributed by atoms with Crippen molar-refractivity contribution in [2.45, 2.75) is 6.92 Å². The summed E-state index contributed by atoms with van der Waals surface area (Å²) in [6, 6.07) is 9.80. The second kappa shape index (κ2) is 3.69. The van der Waals surface area contributed by atoms with Gasteiger partial charge in [0.25, 0.3) is 0 Å². The molecule has 0 saturated heterocycles. The molecular weight excluding hydrogens is 188 g/mol. The lowest BCUT2D eigenvalue weighted by Crippen LogP contribution is -1.95. The summed E-state index contributed by atoms with van der Waals surface area (Å²) in [6.07, 6.45) is 0.801. The first kappa shape index (κ1) is 9.65. The molecule has 0 fully saturated rings. The Morgan fingerprint density at radius 2 is 1.93 bits per heavy atom. The molecule has 0 amide bonds. The zero-order valence-electron chi connectivity index (χ0n) is 8.77. The molecule has 3 heteroatoms. The number of benzene rings is 1. The van der Waals surface area contributed by atoms with Crippen LogP contribution in [0.15, 0.2) is 30.3 Å². The Hall–Kier alpha value is -1.90. The molecule has 1 aromatic heterocycles. The standard InChI is InChI=1S/C12H12N2O/c1-9-13-11(8-15)12(14(9)2)10-6-4-3-5-7-10/h3-8H,1-2H3. The Morgan fingerprint density at radius 1 is 1.27 bits per heavy atom. The average Bonchev–Trinajstić information content (AvgIpc) is 2.56. The summed E-state index contributed by atoms with van der Waals surface area (Å²) in [6.45, 7) is 1.89. The van der Waals surface area contributed by atoms with Crippen LogP contribution in [-0.2, 0) is 7.05 Å². The quantitative estimate of drug-likeness (QED) is 0.696. The number of rotatable bonds is 2. The van der Waals surface area contributed by atoms with Crippen molar-refractivity contribution >= 4 is 6.29 Å². The van der Waals surface area contributed by atoms with Crippen molar-refractivity contribution in [2.75, 3.05) is 0 Å². The minimum absolute atomic E-state index is 0.501. The van der Waals surface area contributed by atoms with Crippen LogP contribution in [0, 0.1) is 6.92 Å². The van der Waals surface area contributed by atoms with E-state index < -0.39 is 0 Å². The average molecular weight is 200 g/mol. The highest BCUT2D eigenvalue weighted by atomic mass is 16.1. The highest BCUT2D eigenvalue weighted by molar-refractivity contribution is 5.83. The van der Waals surface area contributed by atoms with Crippen LogP contribution in [0.2, 0.25) is 0 Å². The van der Waals surface area contributed by atoms with Crippen molar-refractivity contribution in [2.24, 2.45) is 7.05 Å². The number of hydrogen-bond acceptors (Lipinski definition) is 2. The zero-order chi connectivity index (χ0) is 10.8. The maximum absolute atomic E-state index is 10.9. The summed E-state index contributed by atoms with van der Waals surface area (Å²) >= 11 is 0. The fourth-order valence-corrected chi connectivity index (χ4v) is 1.66. The van der Waals surface area contributed by atoms with E-state index in [0.29, 0.717) is 5.69 Å². The van der Waals surface area contributed by atoms with Gasteiger partial charge in [-0.2, -0.15) is 0 Å². The van der Waals surface area contributed by atoms with Crippen molar-refractivity contribution in [3.63, 3.8) is 0 Å². The molecule has 76 valence electrons. The van der Waals surface area contributed by atoms with Crippen molar-refractivity contribution in [3.8, 4) is 11.3 Å². The van der Waals surface area contributed by atoms with Crippen LogP contribution in [0.4, 0.5) is 0 Å². The van der Waals surface area contributed by atoms with Gasteiger partial charge >= 0.3 is 0 Å². The third-order valence-electron chi connectivity index (χ3n) is 2.50. The molecule has 1 heterocycles. The number of aromatic nitrogens is 2. The molecule has 0 aliphatic rings. The maximum atomic E-state index is 10.9. The van der Waals surface area contributed by atoms with Gasteiger partial charge in [-0.15, -0.1) is 0 Å². The molecule has 0 aliphatic heterocycles. The molecule has 1 aromatic carbocycles. The number of nitrogens with zero attached hydrogens (tertiary/aromatic N) is 2. The van der Waals surface area contributed by atoms with Gasteiger partial charge in [0.1, 0.15) is 11.5 Å². The SMILES string of the molecule is Cc1nc(C=O)c(-c2ccccc2)n1C. The maximum Gasteiger partial charge on any atom is 0.170 e. The topological polar surface area (TPSA) is 34.9 Å². The van der Waals surface area contributed by atoms with Crippen LogP contribution in [-0.4, -0.2) is 15.8 Å². The summed E-state index contributed by atoms with van der Waals surface area (Å²) in [5, 5.41) is 0. The molecule has 15 heavy (non-hydrogen) atoms. The van der Waals surface area contributed by atoms with Crippen LogP contribution in [0.25, 0.3) is 11.3 Å². The van der Waals surface area contributed by atoms with Gasteiger partial charge in [0.05, 0.1) is 5.69 Å². The molecule has 0 spiro atoms. The second-order valence-corrected chi connectivity index (χ2v) is 3.44. The Labute approximate surface area is 88.4 Å². The van der Waals surface area contributed by atoms with Crippen LogP contribution in [0.3, 0.4) is 0 Å². The number of hydrogen-bond donors (Lipinski definition) is 0. The Morgan fingerprint density at radius 3 is 2.53 bits per heavy atom. The minimum atomic E-state index is 0.501. The Balaban J connectivity index is 2.66. The van der Waals surface area contributed by atoms with Crippen LogP contribution < -0.4 is 0 Å². The van der Waals surface area contributed by atoms with E-state index in [1.807, 2.05) is 48.9 Å². The van der Waals surface area contributed by atoms with E-state index in [2.05, 4.69) is 4.98 Å². The summed E-state index contributed by atoms with van der Waals surface area (Å²) in [7, 11) is 1.91. The first-order valence-corrected chi connectivity index (χ1v) is 4.78. The summed E-state index contributed by atoms with van der Waals surface area (Å²) in [5.41, 5.74) is 2.40. The van der Waals surface area contributed by atoms with Gasteiger partial charge in [0.2, 0.25) is 0 Å². The van der Waals surface area contributed by atoms with Gasteiger partial charge in [0.15, 0.2) is 6.29 Å². The van der Waals surface area contributed by atoms with Crippen molar-refractivity contribution in [3.05, 3.63) is 41.9 Å². The van der Waals surface area contributed by atoms with Gasteiger partial charge in [0, 0.05) is 12.6 Å². The third-order valence-corrected chi connectivity index (χ3v) is 2.50. The summed E-state index contributed by atoms with van der Waals surface area (Å²) < 4.78 is 1.93. The molecule has 2 aromatic rings. The predicted octanol–water partition coefficient (Wildman–Crippen LogP) is 2.21. The van der Waals surface area contributed by atoms with E-state index in [1.54, 1.807) is 0 Å². The van der Waals surface area contributed by atoms with Crippen LogP contribution >= 0.6 is 0 Å². The van der Waals surface area contributed by atoms with E-state index in [9.17, 15) is 4.79 Å². The van der Waals surface area contributed by atoms with Gasteiger partial charge in [-0.05, 0) is 6.92 Å². The Kier molecular flexibility index (Phi) is 2.37. The highest BCUT2D eigenvalue weighted by Gasteiger charge is 2.12. The fraction of sp³-hybridized carbons (Fsp3) is 0.167. The minimum Gasteiger partial charge on any atom is -0.331 e. The van der Waals surface area contributed by atoms with Crippen molar-refractivity contribution in [1.29, 1.82) is 0 Å². The number of imidazole rings is 1. The molecule has 0 radical (unpaired) electrons. The number of carbonyl (C=O) groups is 1. The molecular formula is C12H12N2O. The van der Waals surface area contributed by atoms with Crippen molar-refractivity contribution in [1.82, 2.24) is 9.55 Å². The monoisotopic (exact) mass is 200 g/mol.